The van der Waals surface area contributed by atoms with Gasteiger partial charge in [0, 0.05) is 37.1 Å². The summed E-state index contributed by atoms with van der Waals surface area (Å²) >= 11 is 12.4. The number of imidazole rings is 1. The number of hydrogen-bond donors (Lipinski definition) is 1. The van der Waals surface area contributed by atoms with E-state index in [4.69, 9.17) is 23.2 Å². The van der Waals surface area contributed by atoms with Crippen LogP contribution >= 0.6 is 23.2 Å². The van der Waals surface area contributed by atoms with E-state index in [9.17, 15) is 14.7 Å². The molecule has 0 saturated heterocycles. The van der Waals surface area contributed by atoms with E-state index in [0.717, 1.165) is 11.1 Å². The fraction of sp³-hybridized carbons (Fsp3) is 0.136. The third-order valence-corrected chi connectivity index (χ3v) is 5.82. The number of aryl methyl sites for hydroxylation is 2. The van der Waals surface area contributed by atoms with Crippen LogP contribution in [-0.2, 0) is 19.5 Å². The Morgan fingerprint density at radius 2 is 1.97 bits per heavy atom. The number of rotatable bonds is 6. The van der Waals surface area contributed by atoms with Gasteiger partial charge in [-0.1, -0.05) is 41.4 Å². The van der Waals surface area contributed by atoms with Gasteiger partial charge in [-0.3, -0.25) is 4.79 Å². The smallest absolute Gasteiger partial charge is 0.341 e. The number of fused-ring (bicyclic) bond motifs is 1. The Balaban J connectivity index is 1.77. The number of carboxylic acid groups (broad SMARTS) is 1. The largest absolute Gasteiger partial charge is 0.477 e. The van der Waals surface area contributed by atoms with Crippen molar-refractivity contribution >= 4 is 40.1 Å². The van der Waals surface area contributed by atoms with Crippen LogP contribution in [0, 0.1) is 0 Å². The van der Waals surface area contributed by atoms with Crippen molar-refractivity contribution in [1.29, 1.82) is 0 Å². The maximum atomic E-state index is 12.8. The summed E-state index contributed by atoms with van der Waals surface area (Å²) in [5.41, 5.74) is 1.58. The van der Waals surface area contributed by atoms with Crippen LogP contribution in [0.15, 0.2) is 66.1 Å². The Hall–Kier alpha value is -3.09. The molecule has 4 aromatic rings. The van der Waals surface area contributed by atoms with E-state index in [1.165, 1.54) is 6.20 Å². The zero-order valence-corrected chi connectivity index (χ0v) is 17.3. The number of pyridine rings is 1. The minimum absolute atomic E-state index is 0.258. The molecular weight excluding hydrogens is 425 g/mol. The molecule has 0 amide bonds. The lowest BCUT2D eigenvalue weighted by molar-refractivity contribution is 0.0695. The van der Waals surface area contributed by atoms with Crippen LogP contribution in [0.25, 0.3) is 10.9 Å². The second kappa shape index (κ2) is 8.34. The highest BCUT2D eigenvalue weighted by Gasteiger charge is 2.15. The molecule has 6 nitrogen and oxygen atoms in total. The lowest BCUT2D eigenvalue weighted by Gasteiger charge is -2.14. The Morgan fingerprint density at radius 3 is 2.70 bits per heavy atom. The van der Waals surface area contributed by atoms with Crippen LogP contribution in [0.4, 0.5) is 0 Å². The quantitative estimate of drug-likeness (QED) is 0.477. The number of nitrogens with zero attached hydrogens (tertiary/aromatic N) is 3. The molecule has 2 heterocycles. The highest BCUT2D eigenvalue weighted by molar-refractivity contribution is 6.42. The van der Waals surface area contributed by atoms with Crippen LogP contribution in [0.5, 0.6) is 0 Å². The molecule has 0 spiro atoms. The average molecular weight is 442 g/mol. The van der Waals surface area contributed by atoms with Crippen molar-refractivity contribution in [2.24, 2.45) is 0 Å². The van der Waals surface area contributed by atoms with Gasteiger partial charge in [0.2, 0.25) is 5.43 Å². The minimum Gasteiger partial charge on any atom is -0.477 e. The zero-order valence-electron chi connectivity index (χ0n) is 15.8. The molecule has 0 bridgehead atoms. The van der Waals surface area contributed by atoms with Crippen molar-refractivity contribution in [2.75, 3.05) is 0 Å². The molecule has 1 N–H and O–H groups in total. The van der Waals surface area contributed by atoms with Crippen LogP contribution in [0.3, 0.4) is 0 Å². The monoisotopic (exact) mass is 441 g/mol. The summed E-state index contributed by atoms with van der Waals surface area (Å²) in [6.45, 7) is 1.09. The number of hydrogen-bond acceptors (Lipinski definition) is 3. The Morgan fingerprint density at radius 1 is 1.13 bits per heavy atom. The number of aromatic nitrogens is 3. The molecule has 0 saturated carbocycles. The first kappa shape index (κ1) is 20.2. The van der Waals surface area contributed by atoms with Crippen molar-refractivity contribution in [3.05, 3.63) is 98.3 Å². The van der Waals surface area contributed by atoms with Gasteiger partial charge in [-0.15, -0.1) is 0 Å². The molecule has 0 atom stereocenters. The number of aromatic carboxylic acids is 1. The summed E-state index contributed by atoms with van der Waals surface area (Å²) < 4.78 is 3.68. The molecule has 30 heavy (non-hydrogen) atoms. The van der Waals surface area contributed by atoms with Gasteiger partial charge >= 0.3 is 5.97 Å². The number of benzene rings is 2. The third-order valence-electron chi connectivity index (χ3n) is 4.96. The first-order chi connectivity index (χ1) is 14.4. The lowest BCUT2D eigenvalue weighted by Crippen LogP contribution is -2.20. The zero-order chi connectivity index (χ0) is 21.3. The molecule has 2 aromatic heterocycles. The van der Waals surface area contributed by atoms with Crippen molar-refractivity contribution in [1.82, 2.24) is 14.1 Å². The molecule has 0 aliphatic rings. The molecule has 0 unspecified atom stereocenters. The Labute approximate surface area is 181 Å². The molecule has 0 fully saturated rings. The van der Waals surface area contributed by atoms with Gasteiger partial charge in [-0.2, -0.15) is 0 Å². The number of halogens is 2. The number of carbonyl (C=O) groups is 1. The molecule has 2 aromatic carbocycles. The van der Waals surface area contributed by atoms with Crippen molar-refractivity contribution in [2.45, 2.75) is 19.5 Å². The predicted octanol–water partition coefficient (Wildman–Crippen LogP) is 4.49. The summed E-state index contributed by atoms with van der Waals surface area (Å²) in [5, 5.41) is 10.8. The van der Waals surface area contributed by atoms with E-state index >= 15 is 0 Å². The van der Waals surface area contributed by atoms with Gasteiger partial charge in [0.05, 0.1) is 21.9 Å². The van der Waals surface area contributed by atoms with Crippen molar-refractivity contribution < 1.29 is 9.90 Å². The molecule has 152 valence electrons. The minimum atomic E-state index is -1.25. The molecular formula is C22H17Cl2N3O3. The van der Waals surface area contributed by atoms with Gasteiger partial charge in [-0.05, 0) is 35.7 Å². The van der Waals surface area contributed by atoms with E-state index in [0.29, 0.717) is 40.5 Å². The normalized spacial score (nSPS) is 11.1. The summed E-state index contributed by atoms with van der Waals surface area (Å²) in [7, 11) is 0. The second-order valence-corrected chi connectivity index (χ2v) is 7.70. The van der Waals surface area contributed by atoms with Crippen molar-refractivity contribution in [3.8, 4) is 0 Å². The second-order valence-electron chi connectivity index (χ2n) is 6.91. The number of carboxylic acids is 1. The first-order valence-electron chi connectivity index (χ1n) is 9.22. The maximum Gasteiger partial charge on any atom is 0.341 e. The highest BCUT2D eigenvalue weighted by Crippen LogP contribution is 2.28. The predicted molar refractivity (Wildman–Crippen MR) is 117 cm³/mol. The Bertz CT molecular complexity index is 1300. The van der Waals surface area contributed by atoms with Gasteiger partial charge in [0.15, 0.2) is 0 Å². The molecule has 8 heteroatoms. The molecule has 4 rings (SSSR count). The fourth-order valence-corrected chi connectivity index (χ4v) is 3.83. The summed E-state index contributed by atoms with van der Waals surface area (Å²) in [5.74, 6) is -1.25. The van der Waals surface area contributed by atoms with Gasteiger partial charge in [0.25, 0.3) is 0 Å². The lowest BCUT2D eigenvalue weighted by atomic mass is 10.0. The maximum absolute atomic E-state index is 12.8. The van der Waals surface area contributed by atoms with E-state index in [1.807, 2.05) is 35.0 Å². The van der Waals surface area contributed by atoms with Crippen LogP contribution in [0.2, 0.25) is 10.0 Å². The fourth-order valence-electron chi connectivity index (χ4n) is 3.44. The third kappa shape index (κ3) is 3.97. The van der Waals surface area contributed by atoms with Crippen LogP contribution < -0.4 is 5.43 Å². The highest BCUT2D eigenvalue weighted by atomic mass is 35.5. The summed E-state index contributed by atoms with van der Waals surface area (Å²) in [6.07, 6.45) is 7.07. The van der Waals surface area contributed by atoms with Crippen LogP contribution in [-0.4, -0.2) is 25.2 Å². The van der Waals surface area contributed by atoms with Crippen molar-refractivity contribution in [3.63, 3.8) is 0 Å². The SMILES string of the molecule is O=C(O)c1cn(CCn2ccnc2)c2ccc(Cc3cccc(Cl)c3Cl)cc2c1=O. The van der Waals surface area contributed by atoms with E-state index in [2.05, 4.69) is 4.98 Å². The van der Waals surface area contributed by atoms with E-state index in [-0.39, 0.29) is 5.56 Å². The summed E-state index contributed by atoms with van der Waals surface area (Å²) in [4.78, 5) is 28.5. The van der Waals surface area contributed by atoms with Gasteiger partial charge < -0.3 is 14.2 Å². The van der Waals surface area contributed by atoms with E-state index < -0.39 is 11.4 Å². The molecule has 0 radical (unpaired) electrons. The van der Waals surface area contributed by atoms with Gasteiger partial charge in [0.1, 0.15) is 5.56 Å². The Kier molecular flexibility index (Phi) is 5.61. The molecule has 0 aliphatic heterocycles. The topological polar surface area (TPSA) is 77.1 Å². The van der Waals surface area contributed by atoms with E-state index in [1.54, 1.807) is 29.2 Å². The molecule has 0 aliphatic carbocycles. The summed E-state index contributed by atoms with van der Waals surface area (Å²) in [6, 6.07) is 10.9. The van der Waals surface area contributed by atoms with Gasteiger partial charge in [-0.25, -0.2) is 9.78 Å². The standard InChI is InChI=1S/C22H17Cl2N3O3/c23-18-3-1-2-15(20(18)24)10-14-4-5-19-16(11-14)21(28)17(22(29)30)12-27(19)9-8-26-7-6-25-13-26/h1-7,11-13H,8-10H2,(H,29,30). The first-order valence-corrected chi connectivity index (χ1v) is 9.97. The average Bonchev–Trinajstić information content (AvgIpc) is 3.24. The van der Waals surface area contributed by atoms with Crippen LogP contribution in [0.1, 0.15) is 21.5 Å².